The number of aliphatic carboxylic acids is 1. The van der Waals surface area contributed by atoms with Crippen molar-refractivity contribution in [2.45, 2.75) is 108 Å². The van der Waals surface area contributed by atoms with E-state index in [-0.39, 0.29) is 25.8 Å². The molecular formula is C33H42F2N4O8. The highest BCUT2D eigenvalue weighted by Crippen LogP contribution is 2.45. The van der Waals surface area contributed by atoms with Gasteiger partial charge in [-0.3, -0.25) is 9.59 Å². The molecule has 4 aliphatic rings. The quantitative estimate of drug-likeness (QED) is 0.414. The molecule has 3 aliphatic heterocycles. The molecule has 0 radical (unpaired) electrons. The number of hydrogen-bond acceptors (Lipinski definition) is 7. The van der Waals surface area contributed by atoms with E-state index in [0.29, 0.717) is 19.5 Å². The fourth-order valence-electron chi connectivity index (χ4n) is 6.45. The van der Waals surface area contributed by atoms with Gasteiger partial charge >= 0.3 is 18.2 Å². The van der Waals surface area contributed by atoms with Crippen LogP contribution >= 0.6 is 0 Å². The number of carboxylic acid groups (broad SMARTS) is 1. The van der Waals surface area contributed by atoms with Gasteiger partial charge in [0.15, 0.2) is 0 Å². The number of nitrogens with one attached hydrogen (secondary N) is 2. The molecule has 5 rings (SSSR count). The second kappa shape index (κ2) is 13.1. The number of carbonyl (C=O) groups excluding carboxylic acids is 4. The van der Waals surface area contributed by atoms with Gasteiger partial charge in [0.05, 0.1) is 6.54 Å². The topological polar surface area (TPSA) is 155 Å². The Bertz CT molecular complexity index is 1450. The molecule has 4 amide bonds. The number of hydrogen-bond donors (Lipinski definition) is 3. The van der Waals surface area contributed by atoms with Gasteiger partial charge in [-0.25, -0.2) is 23.2 Å². The van der Waals surface area contributed by atoms with Gasteiger partial charge in [-0.2, -0.15) is 0 Å². The van der Waals surface area contributed by atoms with Crippen LogP contribution in [-0.2, 0) is 36.8 Å². The van der Waals surface area contributed by atoms with E-state index in [4.69, 9.17) is 9.47 Å². The molecule has 0 aromatic heterocycles. The van der Waals surface area contributed by atoms with E-state index in [9.17, 15) is 37.9 Å². The van der Waals surface area contributed by atoms with Gasteiger partial charge in [-0.1, -0.05) is 36.4 Å². The lowest BCUT2D eigenvalue weighted by Gasteiger charge is -2.30. The molecule has 14 heteroatoms. The Morgan fingerprint density at radius 3 is 2.53 bits per heavy atom. The number of carbonyl (C=O) groups is 5. The zero-order valence-electron chi connectivity index (χ0n) is 26.8. The molecule has 12 nitrogen and oxygen atoms in total. The highest BCUT2D eigenvalue weighted by atomic mass is 19.3. The Morgan fingerprint density at radius 1 is 1.11 bits per heavy atom. The van der Waals surface area contributed by atoms with Crippen LogP contribution in [0.25, 0.3) is 0 Å². The fraction of sp³-hybridized carbons (Fsp3) is 0.606. The molecule has 2 fully saturated rings. The molecule has 0 spiro atoms. The molecule has 3 N–H and O–H groups in total. The van der Waals surface area contributed by atoms with Crippen LogP contribution in [0.4, 0.5) is 18.4 Å². The number of allylic oxidation sites excluding steroid dienone is 1. The normalized spacial score (nSPS) is 29.9. The number of alkyl carbamates (subject to hydrolysis) is 1. The zero-order valence-corrected chi connectivity index (χ0v) is 26.8. The van der Waals surface area contributed by atoms with Crippen LogP contribution < -0.4 is 10.6 Å². The molecule has 1 aliphatic carbocycles. The first-order chi connectivity index (χ1) is 22.1. The Labute approximate surface area is 271 Å². The van der Waals surface area contributed by atoms with E-state index in [0.717, 1.165) is 16.0 Å². The van der Waals surface area contributed by atoms with Gasteiger partial charge in [-0.15, -0.1) is 0 Å². The van der Waals surface area contributed by atoms with Gasteiger partial charge in [0, 0.05) is 38.3 Å². The number of nitrogens with zero attached hydrogens (tertiary/aromatic N) is 2. The molecule has 256 valence electrons. The Kier molecular flexibility index (Phi) is 9.52. The first kappa shape index (κ1) is 34.1. The SMILES string of the molecule is CC(C)(C)OC(=O)N[C@H]1CCC(F)(F)CC/C=C\[C@H]2C[C@@]2(C(=O)O)NC(=O)[C@@H]2C[C@@H](OC(=O)N3CCc4ccccc4C3)CN2C1=O. The fourth-order valence-corrected chi connectivity index (χ4v) is 6.45. The number of rotatable bonds is 3. The molecule has 0 bridgehead atoms. The van der Waals surface area contributed by atoms with E-state index in [1.807, 2.05) is 24.3 Å². The molecule has 1 saturated carbocycles. The maximum atomic E-state index is 15.0. The van der Waals surface area contributed by atoms with E-state index >= 15 is 0 Å². The number of ether oxygens (including phenoxy) is 2. The van der Waals surface area contributed by atoms with E-state index in [1.165, 1.54) is 17.1 Å². The Hall–Kier alpha value is -4.23. The number of carboxylic acids is 1. The van der Waals surface area contributed by atoms with Gasteiger partial charge in [-0.05, 0) is 57.6 Å². The van der Waals surface area contributed by atoms with Crippen LogP contribution in [-0.4, -0.2) is 93.2 Å². The van der Waals surface area contributed by atoms with Crippen LogP contribution in [0.3, 0.4) is 0 Å². The van der Waals surface area contributed by atoms with Crippen molar-refractivity contribution in [3.05, 3.63) is 47.5 Å². The lowest BCUT2D eigenvalue weighted by molar-refractivity contribution is -0.145. The molecule has 47 heavy (non-hydrogen) atoms. The van der Waals surface area contributed by atoms with Gasteiger partial charge in [0.25, 0.3) is 0 Å². The van der Waals surface area contributed by atoms with Crippen LogP contribution in [0, 0.1) is 5.92 Å². The highest BCUT2D eigenvalue weighted by molar-refractivity contribution is 5.96. The van der Waals surface area contributed by atoms with Crippen molar-refractivity contribution in [1.29, 1.82) is 0 Å². The third-order valence-electron chi connectivity index (χ3n) is 9.08. The predicted octanol–water partition coefficient (Wildman–Crippen LogP) is 3.77. The molecule has 0 unspecified atom stereocenters. The number of fused-ring (bicyclic) bond motifs is 3. The van der Waals surface area contributed by atoms with E-state index < -0.39 is 90.4 Å². The van der Waals surface area contributed by atoms with Crippen LogP contribution in [0.5, 0.6) is 0 Å². The van der Waals surface area contributed by atoms with Crippen molar-refractivity contribution >= 4 is 30.0 Å². The summed E-state index contributed by atoms with van der Waals surface area (Å²) in [5.74, 6) is -6.73. The molecule has 1 aromatic carbocycles. The minimum Gasteiger partial charge on any atom is -0.479 e. The maximum Gasteiger partial charge on any atom is 0.410 e. The summed E-state index contributed by atoms with van der Waals surface area (Å²) in [6.07, 6.45) is -0.873. The highest BCUT2D eigenvalue weighted by Gasteiger charge is 2.61. The number of benzene rings is 1. The molecular weight excluding hydrogens is 618 g/mol. The number of amides is 4. The second-order valence-electron chi connectivity index (χ2n) is 13.8. The third-order valence-corrected chi connectivity index (χ3v) is 9.08. The molecule has 1 saturated heterocycles. The summed E-state index contributed by atoms with van der Waals surface area (Å²) in [5.41, 5.74) is -0.501. The minimum absolute atomic E-state index is 0.0460. The van der Waals surface area contributed by atoms with E-state index in [1.54, 1.807) is 20.8 Å². The Morgan fingerprint density at radius 2 is 1.83 bits per heavy atom. The first-order valence-electron chi connectivity index (χ1n) is 16.0. The summed E-state index contributed by atoms with van der Waals surface area (Å²) < 4.78 is 41.0. The summed E-state index contributed by atoms with van der Waals surface area (Å²) >= 11 is 0. The average molecular weight is 661 g/mol. The average Bonchev–Trinajstić information content (AvgIpc) is 3.53. The number of alkyl halides is 2. The van der Waals surface area contributed by atoms with E-state index in [2.05, 4.69) is 10.6 Å². The van der Waals surface area contributed by atoms with Crippen molar-refractivity contribution in [3.63, 3.8) is 0 Å². The van der Waals surface area contributed by atoms with Gasteiger partial charge in [0.2, 0.25) is 17.7 Å². The monoisotopic (exact) mass is 660 g/mol. The standard InChI is InChI=1S/C33H42F2N4O8/c1-31(2,3)47-29(44)36-24-11-14-32(34,35)13-7-6-10-22-17-33(22,28(42)43)37-26(40)25-16-23(19-39(25)27(24)41)46-30(45)38-15-12-20-8-4-5-9-21(20)18-38/h4-6,8-10,22-25H,7,11-19H2,1-3H3,(H,36,44)(H,37,40)(H,42,43)/b10-6-/t22-,23+,24-,25-,33+/m0/s1. The van der Waals surface area contributed by atoms with Crippen molar-refractivity contribution in [2.24, 2.45) is 5.92 Å². The van der Waals surface area contributed by atoms with Crippen molar-refractivity contribution in [2.75, 3.05) is 13.1 Å². The smallest absolute Gasteiger partial charge is 0.410 e. The third kappa shape index (κ3) is 8.02. The maximum absolute atomic E-state index is 15.0. The van der Waals surface area contributed by atoms with Crippen molar-refractivity contribution in [3.8, 4) is 0 Å². The van der Waals surface area contributed by atoms with Gasteiger partial charge in [0.1, 0.15) is 29.3 Å². The van der Waals surface area contributed by atoms with Gasteiger partial charge < -0.3 is 35.0 Å². The number of halogens is 2. The summed E-state index contributed by atoms with van der Waals surface area (Å²) in [4.78, 5) is 68.7. The second-order valence-corrected chi connectivity index (χ2v) is 13.8. The lowest BCUT2D eigenvalue weighted by atomic mass is 10.0. The van der Waals surface area contributed by atoms with Crippen LogP contribution in [0.15, 0.2) is 36.4 Å². The zero-order chi connectivity index (χ0) is 34.1. The first-order valence-corrected chi connectivity index (χ1v) is 16.0. The van der Waals surface area contributed by atoms with Crippen LogP contribution in [0.2, 0.25) is 0 Å². The molecule has 1 aromatic rings. The van der Waals surface area contributed by atoms with Crippen molar-refractivity contribution in [1.82, 2.24) is 20.4 Å². The lowest BCUT2D eigenvalue weighted by Crippen LogP contribution is -2.56. The molecule has 3 heterocycles. The minimum atomic E-state index is -3.20. The van der Waals surface area contributed by atoms with Crippen LogP contribution in [0.1, 0.15) is 70.4 Å². The summed E-state index contributed by atoms with van der Waals surface area (Å²) in [7, 11) is 0. The predicted molar refractivity (Wildman–Crippen MR) is 163 cm³/mol. The van der Waals surface area contributed by atoms with Crippen molar-refractivity contribution < 1.29 is 47.3 Å². The molecule has 5 atom stereocenters. The summed E-state index contributed by atoms with van der Waals surface area (Å²) in [6, 6.07) is 4.92. The summed E-state index contributed by atoms with van der Waals surface area (Å²) in [6.45, 7) is 5.28. The summed E-state index contributed by atoms with van der Waals surface area (Å²) in [5, 5.41) is 15.0. The Balaban J connectivity index is 1.40. The largest absolute Gasteiger partial charge is 0.479 e.